The number of likely N-dealkylation sites (N-methyl/N-ethyl adjacent to an activating group) is 1. The van der Waals surface area contributed by atoms with Crippen LogP contribution in [0.1, 0.15) is 32.7 Å². The molecule has 1 unspecified atom stereocenters. The minimum atomic E-state index is -0.271. The third-order valence-electron chi connectivity index (χ3n) is 4.10. The Kier molecular flexibility index (Phi) is 4.94. The van der Waals surface area contributed by atoms with Gasteiger partial charge in [0.1, 0.15) is 11.0 Å². The lowest BCUT2D eigenvalue weighted by atomic mass is 10.0. The molecule has 2 aromatic rings. The second-order valence-corrected chi connectivity index (χ2v) is 6.95. The molecule has 2 heterocycles. The van der Waals surface area contributed by atoms with Crippen LogP contribution >= 0.6 is 11.8 Å². The van der Waals surface area contributed by atoms with E-state index in [4.69, 9.17) is 4.42 Å². The first-order valence-electron chi connectivity index (χ1n) is 7.85. The number of carbonyl (C=O) groups is 2. The molecule has 1 aliphatic heterocycles. The molecule has 24 heavy (non-hydrogen) atoms. The summed E-state index contributed by atoms with van der Waals surface area (Å²) < 4.78 is 5.50. The lowest BCUT2D eigenvalue weighted by Gasteiger charge is -2.27. The Balaban J connectivity index is 1.72. The Morgan fingerprint density at radius 1 is 1.29 bits per heavy atom. The van der Waals surface area contributed by atoms with Crippen molar-refractivity contribution in [2.45, 2.75) is 18.2 Å². The van der Waals surface area contributed by atoms with Gasteiger partial charge in [-0.2, -0.15) is 0 Å². The summed E-state index contributed by atoms with van der Waals surface area (Å²) in [4.78, 5) is 26.0. The molecule has 0 saturated carbocycles. The summed E-state index contributed by atoms with van der Waals surface area (Å²) in [5, 5.41) is 2.34. The van der Waals surface area contributed by atoms with Crippen LogP contribution in [0.3, 0.4) is 0 Å². The van der Waals surface area contributed by atoms with Crippen LogP contribution in [0.4, 0.5) is 0 Å². The zero-order valence-electron chi connectivity index (χ0n) is 13.7. The number of fused-ring (bicyclic) bond motifs is 1. The number of benzene rings is 1. The van der Waals surface area contributed by atoms with Gasteiger partial charge in [0.15, 0.2) is 5.76 Å². The molecule has 0 spiro atoms. The zero-order chi connectivity index (χ0) is 17.1. The number of rotatable bonds is 4. The topological polar surface area (TPSA) is 62.6 Å². The SMILES string of the molecule is CNC(=O)c1ccc(CN(C)C(=O)C2SCCc3ccccc32)o1. The van der Waals surface area contributed by atoms with E-state index < -0.39 is 0 Å². The maximum atomic E-state index is 12.8. The van der Waals surface area contributed by atoms with Gasteiger partial charge in [-0.25, -0.2) is 0 Å². The first kappa shape index (κ1) is 16.6. The predicted molar refractivity (Wildman–Crippen MR) is 93.9 cm³/mol. The third-order valence-corrected chi connectivity index (χ3v) is 5.33. The molecule has 1 N–H and O–H groups in total. The van der Waals surface area contributed by atoms with Crippen LogP contribution in [0.15, 0.2) is 40.8 Å². The Bertz CT molecular complexity index is 756. The van der Waals surface area contributed by atoms with Gasteiger partial charge in [-0.3, -0.25) is 9.59 Å². The average molecular weight is 344 g/mol. The minimum absolute atomic E-state index is 0.0602. The first-order valence-corrected chi connectivity index (χ1v) is 8.90. The molecule has 1 aliphatic rings. The number of furan rings is 1. The molecule has 5 nitrogen and oxygen atoms in total. The van der Waals surface area contributed by atoms with E-state index in [2.05, 4.69) is 11.4 Å². The molecule has 3 rings (SSSR count). The highest BCUT2D eigenvalue weighted by Crippen LogP contribution is 2.37. The number of nitrogens with one attached hydrogen (secondary N) is 1. The summed E-state index contributed by atoms with van der Waals surface area (Å²) in [5.74, 6) is 1.59. The molecule has 0 fully saturated rings. The molecule has 1 atom stereocenters. The van der Waals surface area contributed by atoms with Crippen LogP contribution < -0.4 is 5.32 Å². The predicted octanol–water partition coefficient (Wildman–Crippen LogP) is 2.63. The van der Waals surface area contributed by atoms with E-state index in [0.717, 1.165) is 17.7 Å². The molecule has 2 amide bonds. The van der Waals surface area contributed by atoms with Crippen LogP contribution in [-0.4, -0.2) is 36.6 Å². The Morgan fingerprint density at radius 2 is 2.08 bits per heavy atom. The zero-order valence-corrected chi connectivity index (χ0v) is 14.6. The summed E-state index contributed by atoms with van der Waals surface area (Å²) in [5.41, 5.74) is 2.36. The number of thioether (sulfide) groups is 1. The minimum Gasteiger partial charge on any atom is -0.454 e. The fourth-order valence-corrected chi connectivity index (χ4v) is 4.12. The van der Waals surface area contributed by atoms with E-state index in [-0.39, 0.29) is 22.8 Å². The highest BCUT2D eigenvalue weighted by molar-refractivity contribution is 8.00. The average Bonchev–Trinajstić information content (AvgIpc) is 3.08. The van der Waals surface area contributed by atoms with Gasteiger partial charge >= 0.3 is 0 Å². The van der Waals surface area contributed by atoms with Crippen molar-refractivity contribution in [1.29, 1.82) is 0 Å². The van der Waals surface area contributed by atoms with Crippen molar-refractivity contribution in [2.75, 3.05) is 19.8 Å². The highest BCUT2D eigenvalue weighted by atomic mass is 32.2. The monoisotopic (exact) mass is 344 g/mol. The summed E-state index contributed by atoms with van der Waals surface area (Å²) in [6.07, 6.45) is 1.00. The van der Waals surface area contributed by atoms with Gasteiger partial charge in [0.2, 0.25) is 5.91 Å². The Hall–Kier alpha value is -2.21. The fourth-order valence-electron chi connectivity index (χ4n) is 2.82. The fraction of sp³-hybridized carbons (Fsp3) is 0.333. The molecular weight excluding hydrogens is 324 g/mol. The second kappa shape index (κ2) is 7.13. The lowest BCUT2D eigenvalue weighted by Crippen LogP contribution is -2.31. The molecule has 0 aliphatic carbocycles. The van der Waals surface area contributed by atoms with E-state index in [1.165, 1.54) is 5.56 Å². The van der Waals surface area contributed by atoms with Crippen molar-refractivity contribution in [3.63, 3.8) is 0 Å². The van der Waals surface area contributed by atoms with Gasteiger partial charge < -0.3 is 14.6 Å². The number of aryl methyl sites for hydroxylation is 1. The van der Waals surface area contributed by atoms with Crippen LogP contribution in [-0.2, 0) is 17.8 Å². The normalized spacial score (nSPS) is 16.3. The van der Waals surface area contributed by atoms with E-state index in [0.29, 0.717) is 12.3 Å². The number of nitrogens with zero attached hydrogens (tertiary/aromatic N) is 1. The van der Waals surface area contributed by atoms with Crippen molar-refractivity contribution >= 4 is 23.6 Å². The smallest absolute Gasteiger partial charge is 0.286 e. The maximum absolute atomic E-state index is 12.8. The van der Waals surface area contributed by atoms with Crippen molar-refractivity contribution in [3.8, 4) is 0 Å². The van der Waals surface area contributed by atoms with Gasteiger partial charge in [-0.05, 0) is 35.4 Å². The van der Waals surface area contributed by atoms with Gasteiger partial charge in [0, 0.05) is 14.1 Å². The van der Waals surface area contributed by atoms with Crippen LogP contribution in [0, 0.1) is 0 Å². The summed E-state index contributed by atoms with van der Waals surface area (Å²) in [6, 6.07) is 11.5. The van der Waals surface area contributed by atoms with Gasteiger partial charge in [0.05, 0.1) is 6.54 Å². The van der Waals surface area contributed by atoms with E-state index in [1.807, 2.05) is 18.2 Å². The largest absolute Gasteiger partial charge is 0.454 e. The van der Waals surface area contributed by atoms with Crippen molar-refractivity contribution in [1.82, 2.24) is 10.2 Å². The quantitative estimate of drug-likeness (QED) is 0.926. The molecule has 126 valence electrons. The van der Waals surface area contributed by atoms with Crippen LogP contribution in [0.5, 0.6) is 0 Å². The van der Waals surface area contributed by atoms with E-state index in [9.17, 15) is 9.59 Å². The second-order valence-electron chi connectivity index (χ2n) is 5.74. The highest BCUT2D eigenvalue weighted by Gasteiger charge is 2.29. The van der Waals surface area contributed by atoms with Crippen molar-refractivity contribution < 1.29 is 14.0 Å². The standard InChI is InChI=1S/C18H20N2O3S/c1-19-17(21)15-8-7-13(23-15)11-20(2)18(22)16-14-6-4-3-5-12(14)9-10-24-16/h3-8,16H,9-11H2,1-2H3,(H,19,21). The third kappa shape index (κ3) is 3.33. The summed E-state index contributed by atoms with van der Waals surface area (Å²) in [6.45, 7) is 0.342. The molecule has 6 heteroatoms. The van der Waals surface area contributed by atoms with E-state index in [1.54, 1.807) is 42.9 Å². The van der Waals surface area contributed by atoms with Crippen molar-refractivity contribution in [3.05, 3.63) is 59.0 Å². The van der Waals surface area contributed by atoms with Crippen LogP contribution in [0.25, 0.3) is 0 Å². The van der Waals surface area contributed by atoms with Gasteiger partial charge in [0.25, 0.3) is 5.91 Å². The Labute approximate surface area is 145 Å². The molecular formula is C18H20N2O3S. The first-order chi connectivity index (χ1) is 11.6. The number of hydrogen-bond acceptors (Lipinski definition) is 4. The van der Waals surface area contributed by atoms with Gasteiger partial charge in [-0.1, -0.05) is 24.3 Å². The summed E-state index contributed by atoms with van der Waals surface area (Å²) in [7, 11) is 3.32. The molecule has 1 aromatic carbocycles. The number of carbonyl (C=O) groups excluding carboxylic acids is 2. The molecule has 0 bridgehead atoms. The van der Waals surface area contributed by atoms with Gasteiger partial charge in [-0.15, -0.1) is 11.8 Å². The maximum Gasteiger partial charge on any atom is 0.286 e. The molecule has 0 saturated heterocycles. The molecule has 1 aromatic heterocycles. The van der Waals surface area contributed by atoms with Crippen molar-refractivity contribution in [2.24, 2.45) is 0 Å². The Morgan fingerprint density at radius 3 is 2.88 bits per heavy atom. The number of amides is 2. The lowest BCUT2D eigenvalue weighted by molar-refractivity contribution is -0.130. The van der Waals surface area contributed by atoms with E-state index >= 15 is 0 Å². The van der Waals surface area contributed by atoms with Crippen LogP contribution in [0.2, 0.25) is 0 Å². The molecule has 0 radical (unpaired) electrons. The number of hydrogen-bond donors (Lipinski definition) is 1. The summed E-state index contributed by atoms with van der Waals surface area (Å²) >= 11 is 1.68.